The van der Waals surface area contributed by atoms with Crippen LogP contribution in [0.5, 0.6) is 5.75 Å². The predicted octanol–water partition coefficient (Wildman–Crippen LogP) is 2.04. The monoisotopic (exact) mass is 253 g/mol. The standard InChI is InChI=1S/C14H11N3O2/c15-10-1-2-12-11(8-10)17-14(18)13(19-12)7-9-3-5-16-6-4-9/h1-8H,15H2,(H,17,18)/b13-7+. The highest BCUT2D eigenvalue weighted by Gasteiger charge is 2.21. The molecule has 1 aliphatic heterocycles. The van der Waals surface area contributed by atoms with E-state index in [1.165, 1.54) is 0 Å². The lowest BCUT2D eigenvalue weighted by molar-refractivity contribution is -0.115. The summed E-state index contributed by atoms with van der Waals surface area (Å²) < 4.78 is 5.58. The molecule has 3 N–H and O–H groups in total. The van der Waals surface area contributed by atoms with E-state index in [0.29, 0.717) is 17.1 Å². The molecule has 19 heavy (non-hydrogen) atoms. The van der Waals surface area contributed by atoms with Gasteiger partial charge in [-0.15, -0.1) is 0 Å². The molecule has 1 aromatic carbocycles. The maximum absolute atomic E-state index is 11.9. The van der Waals surface area contributed by atoms with Crippen molar-refractivity contribution in [1.29, 1.82) is 0 Å². The summed E-state index contributed by atoms with van der Waals surface area (Å²) in [6, 6.07) is 8.70. The van der Waals surface area contributed by atoms with E-state index in [1.807, 2.05) is 0 Å². The van der Waals surface area contributed by atoms with E-state index in [4.69, 9.17) is 10.5 Å². The second kappa shape index (κ2) is 4.45. The molecule has 0 bridgehead atoms. The Balaban J connectivity index is 1.96. The number of aromatic nitrogens is 1. The highest BCUT2D eigenvalue weighted by Crippen LogP contribution is 2.32. The highest BCUT2D eigenvalue weighted by molar-refractivity contribution is 6.08. The SMILES string of the molecule is Nc1ccc2c(c1)NC(=O)/C(=C\c1ccncc1)O2. The number of rotatable bonds is 1. The first kappa shape index (κ1) is 11.3. The smallest absolute Gasteiger partial charge is 0.291 e. The Hall–Kier alpha value is -2.82. The van der Waals surface area contributed by atoms with Crippen molar-refractivity contribution < 1.29 is 9.53 Å². The second-order valence-electron chi connectivity index (χ2n) is 4.10. The predicted molar refractivity (Wildman–Crippen MR) is 72.3 cm³/mol. The average Bonchev–Trinajstić information content (AvgIpc) is 2.41. The van der Waals surface area contributed by atoms with Crippen molar-refractivity contribution in [3.05, 3.63) is 54.0 Å². The molecule has 5 heteroatoms. The normalized spacial score (nSPS) is 15.6. The fraction of sp³-hybridized carbons (Fsp3) is 0. The van der Waals surface area contributed by atoms with Crippen LogP contribution >= 0.6 is 0 Å². The molecular weight excluding hydrogens is 242 g/mol. The number of nitrogen functional groups attached to an aromatic ring is 1. The Kier molecular flexibility index (Phi) is 2.64. The van der Waals surface area contributed by atoms with Crippen LogP contribution in [-0.4, -0.2) is 10.9 Å². The minimum absolute atomic E-state index is 0.239. The zero-order chi connectivity index (χ0) is 13.2. The lowest BCUT2D eigenvalue weighted by Gasteiger charge is -2.20. The number of carbonyl (C=O) groups is 1. The summed E-state index contributed by atoms with van der Waals surface area (Å²) in [5, 5.41) is 2.74. The Morgan fingerprint density at radius 1 is 1.21 bits per heavy atom. The molecule has 0 spiro atoms. The number of nitrogens with one attached hydrogen (secondary N) is 1. The lowest BCUT2D eigenvalue weighted by Crippen LogP contribution is -2.23. The fourth-order valence-electron chi connectivity index (χ4n) is 1.79. The van der Waals surface area contributed by atoms with Gasteiger partial charge < -0.3 is 15.8 Å². The van der Waals surface area contributed by atoms with E-state index in [-0.39, 0.29) is 11.7 Å². The highest BCUT2D eigenvalue weighted by atomic mass is 16.5. The third kappa shape index (κ3) is 2.26. The summed E-state index contributed by atoms with van der Waals surface area (Å²) in [6.45, 7) is 0. The van der Waals surface area contributed by atoms with Crippen molar-refractivity contribution in [2.75, 3.05) is 11.1 Å². The Morgan fingerprint density at radius 3 is 2.79 bits per heavy atom. The number of benzene rings is 1. The van der Waals surface area contributed by atoms with Gasteiger partial charge in [0.05, 0.1) is 5.69 Å². The molecule has 94 valence electrons. The van der Waals surface area contributed by atoms with Gasteiger partial charge in [-0.05, 0) is 42.0 Å². The molecule has 1 aliphatic rings. The van der Waals surface area contributed by atoms with Crippen LogP contribution in [0.4, 0.5) is 11.4 Å². The first-order valence-electron chi connectivity index (χ1n) is 5.73. The van der Waals surface area contributed by atoms with Gasteiger partial charge in [-0.25, -0.2) is 0 Å². The molecule has 0 radical (unpaired) electrons. The minimum atomic E-state index is -0.296. The number of amides is 1. The molecule has 1 aromatic heterocycles. The van der Waals surface area contributed by atoms with Crippen molar-refractivity contribution in [2.24, 2.45) is 0 Å². The van der Waals surface area contributed by atoms with E-state index in [9.17, 15) is 4.79 Å². The Bertz CT molecular complexity index is 666. The molecule has 0 aliphatic carbocycles. The van der Waals surface area contributed by atoms with Crippen LogP contribution in [0.15, 0.2) is 48.5 Å². The molecule has 0 unspecified atom stereocenters. The topological polar surface area (TPSA) is 77.2 Å². The number of ether oxygens (including phenoxy) is 1. The second-order valence-corrected chi connectivity index (χ2v) is 4.10. The molecule has 0 saturated carbocycles. The van der Waals surface area contributed by atoms with Crippen LogP contribution in [0.1, 0.15) is 5.56 Å². The van der Waals surface area contributed by atoms with Crippen molar-refractivity contribution in [1.82, 2.24) is 4.98 Å². The van der Waals surface area contributed by atoms with Crippen LogP contribution in [0.2, 0.25) is 0 Å². The number of anilines is 2. The van der Waals surface area contributed by atoms with E-state index >= 15 is 0 Å². The van der Waals surface area contributed by atoms with Crippen molar-refractivity contribution in [2.45, 2.75) is 0 Å². The van der Waals surface area contributed by atoms with Gasteiger partial charge in [0.1, 0.15) is 0 Å². The number of hydrogen-bond donors (Lipinski definition) is 2. The third-order valence-corrected chi connectivity index (χ3v) is 2.70. The Morgan fingerprint density at radius 2 is 2.00 bits per heavy atom. The van der Waals surface area contributed by atoms with Gasteiger partial charge in [0.15, 0.2) is 11.5 Å². The van der Waals surface area contributed by atoms with Crippen LogP contribution in [0.25, 0.3) is 6.08 Å². The number of nitrogens with zero attached hydrogens (tertiary/aromatic N) is 1. The summed E-state index contributed by atoms with van der Waals surface area (Å²) in [4.78, 5) is 15.8. The van der Waals surface area contributed by atoms with Gasteiger partial charge >= 0.3 is 0 Å². The summed E-state index contributed by atoms with van der Waals surface area (Å²) >= 11 is 0. The molecule has 0 saturated heterocycles. The summed E-state index contributed by atoms with van der Waals surface area (Å²) in [5.41, 5.74) is 7.66. The van der Waals surface area contributed by atoms with Gasteiger partial charge in [-0.2, -0.15) is 0 Å². The minimum Gasteiger partial charge on any atom is -0.449 e. The molecule has 2 aromatic rings. The van der Waals surface area contributed by atoms with Crippen LogP contribution < -0.4 is 15.8 Å². The molecule has 2 heterocycles. The third-order valence-electron chi connectivity index (χ3n) is 2.70. The molecule has 1 amide bonds. The summed E-state index contributed by atoms with van der Waals surface area (Å²) in [6.07, 6.45) is 4.97. The molecular formula is C14H11N3O2. The number of hydrogen-bond acceptors (Lipinski definition) is 4. The first-order chi connectivity index (χ1) is 9.22. The molecule has 5 nitrogen and oxygen atoms in total. The maximum Gasteiger partial charge on any atom is 0.291 e. The van der Waals surface area contributed by atoms with Gasteiger partial charge in [0.2, 0.25) is 0 Å². The molecule has 0 fully saturated rings. The molecule has 3 rings (SSSR count). The number of nitrogens with two attached hydrogens (primary N) is 1. The van der Waals surface area contributed by atoms with E-state index in [1.54, 1.807) is 48.8 Å². The Labute approximate surface area is 109 Å². The van der Waals surface area contributed by atoms with E-state index in [2.05, 4.69) is 10.3 Å². The zero-order valence-electron chi connectivity index (χ0n) is 9.96. The van der Waals surface area contributed by atoms with Crippen molar-refractivity contribution >= 4 is 23.4 Å². The van der Waals surface area contributed by atoms with Crippen LogP contribution in [-0.2, 0) is 4.79 Å². The van der Waals surface area contributed by atoms with Gasteiger partial charge in [-0.1, -0.05) is 0 Å². The number of carbonyl (C=O) groups excluding carboxylic acids is 1. The van der Waals surface area contributed by atoms with Crippen molar-refractivity contribution in [3.8, 4) is 5.75 Å². The van der Waals surface area contributed by atoms with Crippen molar-refractivity contribution in [3.63, 3.8) is 0 Å². The molecule has 0 atom stereocenters. The zero-order valence-corrected chi connectivity index (χ0v) is 9.96. The maximum atomic E-state index is 11.9. The summed E-state index contributed by atoms with van der Waals surface area (Å²) in [5.74, 6) is 0.521. The van der Waals surface area contributed by atoms with Gasteiger partial charge in [0, 0.05) is 18.1 Å². The van der Waals surface area contributed by atoms with Gasteiger partial charge in [-0.3, -0.25) is 9.78 Å². The lowest BCUT2D eigenvalue weighted by atomic mass is 10.2. The summed E-state index contributed by atoms with van der Waals surface area (Å²) in [7, 11) is 0. The van der Waals surface area contributed by atoms with Gasteiger partial charge in [0.25, 0.3) is 5.91 Å². The number of pyridine rings is 1. The quantitative estimate of drug-likeness (QED) is 0.602. The van der Waals surface area contributed by atoms with E-state index in [0.717, 1.165) is 5.56 Å². The van der Waals surface area contributed by atoms with Crippen LogP contribution in [0.3, 0.4) is 0 Å². The average molecular weight is 253 g/mol. The van der Waals surface area contributed by atoms with E-state index < -0.39 is 0 Å². The first-order valence-corrected chi connectivity index (χ1v) is 5.73. The fourth-order valence-corrected chi connectivity index (χ4v) is 1.79. The number of fused-ring (bicyclic) bond motifs is 1. The largest absolute Gasteiger partial charge is 0.449 e. The van der Waals surface area contributed by atoms with Crippen LogP contribution in [0, 0.1) is 0 Å².